The maximum absolute atomic E-state index is 9.01. The van der Waals surface area contributed by atoms with Gasteiger partial charge in [-0.05, 0) is 62.3 Å². The van der Waals surface area contributed by atoms with Crippen molar-refractivity contribution in [1.82, 2.24) is 0 Å². The van der Waals surface area contributed by atoms with Crippen LogP contribution in [0.15, 0.2) is 17.3 Å². The molecule has 0 aromatic heterocycles. The Labute approximate surface area is 90.6 Å². The Bertz CT molecular complexity index is 407. The zero-order valence-electron chi connectivity index (χ0n) is 9.38. The summed E-state index contributed by atoms with van der Waals surface area (Å²) in [6.45, 7) is 4.24. The fourth-order valence-corrected chi connectivity index (χ4v) is 2.20. The van der Waals surface area contributed by atoms with E-state index in [2.05, 4.69) is 31.1 Å². The van der Waals surface area contributed by atoms with Gasteiger partial charge >= 0.3 is 0 Å². The summed E-state index contributed by atoms with van der Waals surface area (Å²) in [4.78, 5) is 0. The average Bonchev–Trinajstić information content (AvgIpc) is 2.41. The lowest BCUT2D eigenvalue weighted by molar-refractivity contribution is 0.318. The van der Waals surface area contributed by atoms with Crippen molar-refractivity contribution in [3.05, 3.63) is 34.4 Å². The molecule has 0 saturated heterocycles. The van der Waals surface area contributed by atoms with Gasteiger partial charge < -0.3 is 5.21 Å². The highest BCUT2D eigenvalue weighted by Crippen LogP contribution is 2.24. The fourth-order valence-electron chi connectivity index (χ4n) is 2.20. The molecular weight excluding hydrogens is 186 g/mol. The van der Waals surface area contributed by atoms with Gasteiger partial charge in [0.1, 0.15) is 0 Å². The van der Waals surface area contributed by atoms with Crippen LogP contribution in [0.25, 0.3) is 0 Å². The Kier molecular flexibility index (Phi) is 2.76. The Morgan fingerprint density at radius 1 is 1.07 bits per heavy atom. The summed E-state index contributed by atoms with van der Waals surface area (Å²) in [6, 6.07) is 4.40. The lowest BCUT2D eigenvalue weighted by Crippen LogP contribution is -2.03. The Morgan fingerprint density at radius 2 is 1.73 bits per heavy atom. The maximum Gasteiger partial charge on any atom is 0.0870 e. The normalized spacial score (nSPS) is 18.7. The molecule has 0 fully saturated rings. The summed E-state index contributed by atoms with van der Waals surface area (Å²) in [5.74, 6) is 0. The standard InChI is InChI=1S/C13H17NO/c1-9-7-11-5-3-4-6-13(14-15)12(11)8-10(9)2/h7-8,15H,3-6H2,1-2H3/b14-13+. The topological polar surface area (TPSA) is 32.6 Å². The molecule has 15 heavy (non-hydrogen) atoms. The molecule has 2 rings (SSSR count). The Hall–Kier alpha value is -1.31. The molecular formula is C13H17NO. The van der Waals surface area contributed by atoms with Crippen molar-refractivity contribution in [1.29, 1.82) is 0 Å². The molecule has 1 aromatic rings. The number of aryl methyl sites for hydroxylation is 3. The number of benzene rings is 1. The van der Waals surface area contributed by atoms with Crippen LogP contribution in [0.2, 0.25) is 0 Å². The summed E-state index contributed by atoms with van der Waals surface area (Å²) in [7, 11) is 0. The molecule has 2 heteroatoms. The molecule has 0 atom stereocenters. The molecule has 0 saturated carbocycles. The zero-order chi connectivity index (χ0) is 10.8. The van der Waals surface area contributed by atoms with E-state index in [0.717, 1.165) is 30.5 Å². The Balaban J connectivity index is 2.56. The fraction of sp³-hybridized carbons (Fsp3) is 0.462. The predicted octanol–water partition coefficient (Wildman–Crippen LogP) is 3.21. The zero-order valence-corrected chi connectivity index (χ0v) is 9.38. The van der Waals surface area contributed by atoms with E-state index in [1.54, 1.807) is 0 Å². The maximum atomic E-state index is 9.01. The van der Waals surface area contributed by atoms with Gasteiger partial charge in [-0.15, -0.1) is 0 Å². The van der Waals surface area contributed by atoms with Crippen molar-refractivity contribution in [2.45, 2.75) is 39.5 Å². The molecule has 0 unspecified atom stereocenters. The summed E-state index contributed by atoms with van der Waals surface area (Å²) in [6.07, 6.45) is 4.31. The summed E-state index contributed by atoms with van der Waals surface area (Å²) in [5.41, 5.74) is 5.94. The van der Waals surface area contributed by atoms with Crippen LogP contribution in [0.1, 0.15) is 41.5 Å². The predicted molar refractivity (Wildman–Crippen MR) is 61.8 cm³/mol. The smallest absolute Gasteiger partial charge is 0.0870 e. The van der Waals surface area contributed by atoms with Crippen LogP contribution in [0.3, 0.4) is 0 Å². The first-order valence-electron chi connectivity index (χ1n) is 5.54. The molecule has 1 N–H and O–H groups in total. The first-order valence-corrected chi connectivity index (χ1v) is 5.54. The third-order valence-electron chi connectivity index (χ3n) is 3.26. The van der Waals surface area contributed by atoms with Crippen molar-refractivity contribution < 1.29 is 5.21 Å². The van der Waals surface area contributed by atoms with Gasteiger partial charge in [0.05, 0.1) is 5.71 Å². The van der Waals surface area contributed by atoms with Crippen LogP contribution in [0.4, 0.5) is 0 Å². The van der Waals surface area contributed by atoms with Gasteiger partial charge in [-0.2, -0.15) is 0 Å². The van der Waals surface area contributed by atoms with Crippen LogP contribution in [-0.2, 0) is 6.42 Å². The van der Waals surface area contributed by atoms with E-state index in [0.29, 0.717) is 0 Å². The van der Waals surface area contributed by atoms with Crippen molar-refractivity contribution in [2.24, 2.45) is 5.16 Å². The number of oxime groups is 1. The molecule has 0 bridgehead atoms. The van der Waals surface area contributed by atoms with E-state index in [1.165, 1.54) is 23.1 Å². The van der Waals surface area contributed by atoms with Gasteiger partial charge in [0.25, 0.3) is 0 Å². The Morgan fingerprint density at radius 3 is 2.47 bits per heavy atom. The van der Waals surface area contributed by atoms with Crippen molar-refractivity contribution in [3.8, 4) is 0 Å². The second-order valence-corrected chi connectivity index (χ2v) is 4.35. The van der Waals surface area contributed by atoms with Gasteiger partial charge in [-0.3, -0.25) is 0 Å². The molecule has 2 nitrogen and oxygen atoms in total. The van der Waals surface area contributed by atoms with E-state index in [9.17, 15) is 0 Å². The largest absolute Gasteiger partial charge is 0.411 e. The van der Waals surface area contributed by atoms with Crippen LogP contribution >= 0.6 is 0 Å². The monoisotopic (exact) mass is 203 g/mol. The number of hydrogen-bond donors (Lipinski definition) is 1. The number of hydrogen-bond acceptors (Lipinski definition) is 2. The van der Waals surface area contributed by atoms with Crippen molar-refractivity contribution in [2.75, 3.05) is 0 Å². The number of rotatable bonds is 0. The highest BCUT2D eigenvalue weighted by molar-refractivity contribution is 6.02. The van der Waals surface area contributed by atoms with Gasteiger partial charge in [0, 0.05) is 5.56 Å². The number of fused-ring (bicyclic) bond motifs is 1. The first-order chi connectivity index (χ1) is 7.22. The van der Waals surface area contributed by atoms with E-state index >= 15 is 0 Å². The van der Waals surface area contributed by atoms with Gasteiger partial charge in [-0.25, -0.2) is 0 Å². The highest BCUT2D eigenvalue weighted by atomic mass is 16.4. The molecule has 1 aliphatic carbocycles. The second kappa shape index (κ2) is 4.05. The van der Waals surface area contributed by atoms with E-state index in [4.69, 9.17) is 5.21 Å². The molecule has 1 aromatic carbocycles. The summed E-state index contributed by atoms with van der Waals surface area (Å²) < 4.78 is 0. The number of nitrogens with zero attached hydrogens (tertiary/aromatic N) is 1. The van der Waals surface area contributed by atoms with Crippen LogP contribution < -0.4 is 0 Å². The SMILES string of the molecule is Cc1cc2c(cc1C)/C(=N/O)CCCC2. The highest BCUT2D eigenvalue weighted by Gasteiger charge is 2.15. The second-order valence-electron chi connectivity index (χ2n) is 4.35. The van der Waals surface area contributed by atoms with E-state index in [1.807, 2.05) is 0 Å². The molecule has 0 spiro atoms. The third-order valence-corrected chi connectivity index (χ3v) is 3.26. The average molecular weight is 203 g/mol. The summed E-state index contributed by atoms with van der Waals surface area (Å²) >= 11 is 0. The minimum absolute atomic E-state index is 0.852. The first kappa shape index (κ1) is 10.2. The van der Waals surface area contributed by atoms with Crippen molar-refractivity contribution in [3.63, 3.8) is 0 Å². The quantitative estimate of drug-likeness (QED) is 0.392. The summed E-state index contributed by atoms with van der Waals surface area (Å²) in [5, 5.41) is 12.4. The lowest BCUT2D eigenvalue weighted by atomic mass is 9.96. The molecule has 0 aliphatic heterocycles. The van der Waals surface area contributed by atoms with E-state index in [-0.39, 0.29) is 0 Å². The third kappa shape index (κ3) is 1.89. The van der Waals surface area contributed by atoms with Crippen LogP contribution in [0.5, 0.6) is 0 Å². The molecule has 0 amide bonds. The molecule has 0 heterocycles. The van der Waals surface area contributed by atoms with Gasteiger partial charge in [0.2, 0.25) is 0 Å². The van der Waals surface area contributed by atoms with Crippen LogP contribution in [-0.4, -0.2) is 10.9 Å². The van der Waals surface area contributed by atoms with Gasteiger partial charge in [-0.1, -0.05) is 11.2 Å². The minimum Gasteiger partial charge on any atom is -0.411 e. The molecule has 1 aliphatic rings. The van der Waals surface area contributed by atoms with Crippen molar-refractivity contribution >= 4 is 5.71 Å². The molecule has 80 valence electrons. The van der Waals surface area contributed by atoms with Crippen LogP contribution in [0, 0.1) is 13.8 Å². The van der Waals surface area contributed by atoms with E-state index < -0.39 is 0 Å². The molecule has 0 radical (unpaired) electrons. The lowest BCUT2D eigenvalue weighted by Gasteiger charge is -2.10. The van der Waals surface area contributed by atoms with Gasteiger partial charge in [0.15, 0.2) is 0 Å². The minimum atomic E-state index is 0.852.